The molecule has 1 aliphatic carbocycles. The van der Waals surface area contributed by atoms with Crippen molar-refractivity contribution >= 4 is 5.91 Å². The van der Waals surface area contributed by atoms with Gasteiger partial charge >= 0.3 is 0 Å². The maximum absolute atomic E-state index is 12.9. The smallest absolute Gasteiger partial charge is 0.271 e. The second kappa shape index (κ2) is 4.67. The van der Waals surface area contributed by atoms with Gasteiger partial charge in [0.1, 0.15) is 5.69 Å². The molecular weight excluding hydrogens is 240 g/mol. The average molecular weight is 262 g/mol. The molecule has 1 amide bonds. The van der Waals surface area contributed by atoms with E-state index in [0.717, 1.165) is 30.6 Å². The standard InChI is InChI=1S/C15H22N2O2/c1-12-5-8-16(2)13(12)14(18)17-9-10-19-11-15(17)6-3-4-7-15/h5,8H,3-4,6-7,9-11H2,1-2H3. The molecule has 1 saturated heterocycles. The Morgan fingerprint density at radius 3 is 2.74 bits per heavy atom. The third-order valence-electron chi connectivity index (χ3n) is 4.66. The van der Waals surface area contributed by atoms with Crippen LogP contribution in [0.4, 0.5) is 0 Å². The van der Waals surface area contributed by atoms with Gasteiger partial charge in [0, 0.05) is 19.8 Å². The van der Waals surface area contributed by atoms with Crippen LogP contribution in [0.5, 0.6) is 0 Å². The molecule has 0 atom stereocenters. The first-order valence-corrected chi connectivity index (χ1v) is 7.16. The van der Waals surface area contributed by atoms with Crippen molar-refractivity contribution in [1.82, 2.24) is 9.47 Å². The third kappa shape index (κ3) is 1.98. The van der Waals surface area contributed by atoms with E-state index in [1.165, 1.54) is 12.8 Å². The lowest BCUT2D eigenvalue weighted by Crippen LogP contribution is -2.58. The van der Waals surface area contributed by atoms with Crippen LogP contribution in [0.1, 0.15) is 41.7 Å². The first kappa shape index (κ1) is 12.7. The van der Waals surface area contributed by atoms with E-state index >= 15 is 0 Å². The Bertz CT molecular complexity index is 467. The van der Waals surface area contributed by atoms with Crippen molar-refractivity contribution in [2.75, 3.05) is 19.8 Å². The molecule has 19 heavy (non-hydrogen) atoms. The fourth-order valence-electron chi connectivity index (χ4n) is 3.60. The SMILES string of the molecule is Cc1ccn(C)c1C(=O)N1CCOCC12CCCC2. The third-order valence-corrected chi connectivity index (χ3v) is 4.66. The van der Waals surface area contributed by atoms with E-state index in [0.29, 0.717) is 13.2 Å². The van der Waals surface area contributed by atoms with Gasteiger partial charge < -0.3 is 14.2 Å². The van der Waals surface area contributed by atoms with E-state index in [9.17, 15) is 4.79 Å². The number of hydrogen-bond acceptors (Lipinski definition) is 2. The molecule has 1 aliphatic heterocycles. The highest BCUT2D eigenvalue weighted by Gasteiger charge is 2.45. The normalized spacial score (nSPS) is 22.1. The summed E-state index contributed by atoms with van der Waals surface area (Å²) >= 11 is 0. The number of ether oxygens (including phenoxy) is 1. The molecule has 0 aromatic carbocycles. The van der Waals surface area contributed by atoms with Gasteiger partial charge in [0.2, 0.25) is 0 Å². The van der Waals surface area contributed by atoms with Crippen molar-refractivity contribution in [3.05, 3.63) is 23.5 Å². The molecule has 0 N–H and O–H groups in total. The maximum Gasteiger partial charge on any atom is 0.271 e. The molecule has 4 heteroatoms. The topological polar surface area (TPSA) is 34.5 Å². The van der Waals surface area contributed by atoms with Crippen LogP contribution in [-0.2, 0) is 11.8 Å². The Kier molecular flexibility index (Phi) is 3.13. The van der Waals surface area contributed by atoms with E-state index in [1.807, 2.05) is 30.8 Å². The van der Waals surface area contributed by atoms with Crippen LogP contribution in [0.3, 0.4) is 0 Å². The first-order valence-electron chi connectivity index (χ1n) is 7.16. The van der Waals surface area contributed by atoms with E-state index in [2.05, 4.69) is 4.90 Å². The molecule has 1 spiro atoms. The predicted molar refractivity (Wildman–Crippen MR) is 73.2 cm³/mol. The minimum atomic E-state index is -0.0357. The van der Waals surface area contributed by atoms with E-state index < -0.39 is 0 Å². The van der Waals surface area contributed by atoms with Crippen molar-refractivity contribution in [3.8, 4) is 0 Å². The lowest BCUT2D eigenvalue weighted by molar-refractivity contribution is -0.0506. The Morgan fingerprint density at radius 2 is 2.11 bits per heavy atom. The molecule has 1 saturated carbocycles. The number of amides is 1. The van der Waals surface area contributed by atoms with Gasteiger partial charge in [-0.2, -0.15) is 0 Å². The van der Waals surface area contributed by atoms with Gasteiger partial charge in [-0.05, 0) is 31.4 Å². The van der Waals surface area contributed by atoms with Crippen LogP contribution in [-0.4, -0.2) is 40.7 Å². The molecule has 2 heterocycles. The fourth-order valence-corrected chi connectivity index (χ4v) is 3.60. The molecule has 4 nitrogen and oxygen atoms in total. The molecular formula is C15H22N2O2. The number of carbonyl (C=O) groups is 1. The van der Waals surface area contributed by atoms with Crippen LogP contribution in [0.2, 0.25) is 0 Å². The van der Waals surface area contributed by atoms with Crippen LogP contribution in [0.15, 0.2) is 12.3 Å². The summed E-state index contributed by atoms with van der Waals surface area (Å²) in [6.45, 7) is 4.11. The molecule has 3 rings (SSSR count). The highest BCUT2D eigenvalue weighted by atomic mass is 16.5. The van der Waals surface area contributed by atoms with Gasteiger partial charge in [-0.1, -0.05) is 12.8 Å². The van der Waals surface area contributed by atoms with Gasteiger partial charge in [-0.25, -0.2) is 0 Å². The number of nitrogens with zero attached hydrogens (tertiary/aromatic N) is 2. The number of hydrogen-bond donors (Lipinski definition) is 0. The van der Waals surface area contributed by atoms with Gasteiger partial charge in [0.15, 0.2) is 0 Å². The fraction of sp³-hybridized carbons (Fsp3) is 0.667. The second-order valence-corrected chi connectivity index (χ2v) is 5.90. The Hall–Kier alpha value is -1.29. The van der Waals surface area contributed by atoms with Crippen molar-refractivity contribution < 1.29 is 9.53 Å². The quantitative estimate of drug-likeness (QED) is 0.777. The highest BCUT2D eigenvalue weighted by molar-refractivity contribution is 5.94. The van der Waals surface area contributed by atoms with E-state index in [4.69, 9.17) is 4.74 Å². The van der Waals surface area contributed by atoms with Crippen LogP contribution in [0, 0.1) is 6.92 Å². The molecule has 1 aromatic rings. The predicted octanol–water partition coefficient (Wildman–Crippen LogP) is 2.12. The summed E-state index contributed by atoms with van der Waals surface area (Å²) in [7, 11) is 1.95. The lowest BCUT2D eigenvalue weighted by atomic mass is 9.94. The zero-order chi connectivity index (χ0) is 13.5. The summed E-state index contributed by atoms with van der Waals surface area (Å²) in [5.74, 6) is 0.176. The van der Waals surface area contributed by atoms with Gasteiger partial charge in [0.05, 0.1) is 18.8 Å². The number of morpholine rings is 1. The molecule has 0 unspecified atom stereocenters. The Labute approximate surface area is 114 Å². The monoisotopic (exact) mass is 262 g/mol. The largest absolute Gasteiger partial charge is 0.377 e. The van der Waals surface area contributed by atoms with Crippen molar-refractivity contribution in [3.63, 3.8) is 0 Å². The van der Waals surface area contributed by atoms with Gasteiger partial charge in [-0.3, -0.25) is 4.79 Å². The van der Waals surface area contributed by atoms with E-state index in [1.54, 1.807) is 0 Å². The lowest BCUT2D eigenvalue weighted by Gasteiger charge is -2.44. The highest BCUT2D eigenvalue weighted by Crippen LogP contribution is 2.38. The molecule has 0 bridgehead atoms. The van der Waals surface area contributed by atoms with Crippen LogP contribution >= 0.6 is 0 Å². The van der Waals surface area contributed by atoms with Gasteiger partial charge in [-0.15, -0.1) is 0 Å². The zero-order valence-electron chi connectivity index (χ0n) is 11.8. The second-order valence-electron chi connectivity index (χ2n) is 5.90. The van der Waals surface area contributed by atoms with Crippen LogP contribution < -0.4 is 0 Å². The summed E-state index contributed by atoms with van der Waals surface area (Å²) in [6.07, 6.45) is 6.55. The minimum Gasteiger partial charge on any atom is -0.377 e. The summed E-state index contributed by atoms with van der Waals surface area (Å²) in [4.78, 5) is 15.0. The molecule has 104 valence electrons. The number of aryl methyl sites for hydroxylation is 2. The van der Waals surface area contributed by atoms with Crippen molar-refractivity contribution in [1.29, 1.82) is 0 Å². The Morgan fingerprint density at radius 1 is 1.37 bits per heavy atom. The first-order chi connectivity index (χ1) is 9.14. The van der Waals surface area contributed by atoms with Crippen molar-refractivity contribution in [2.24, 2.45) is 7.05 Å². The summed E-state index contributed by atoms with van der Waals surface area (Å²) in [5.41, 5.74) is 1.85. The zero-order valence-corrected chi connectivity index (χ0v) is 11.8. The Balaban J connectivity index is 1.93. The molecule has 2 aliphatic rings. The molecule has 2 fully saturated rings. The summed E-state index contributed by atoms with van der Waals surface area (Å²) < 4.78 is 7.61. The molecule has 1 aromatic heterocycles. The molecule has 0 radical (unpaired) electrons. The average Bonchev–Trinajstić information content (AvgIpc) is 2.98. The van der Waals surface area contributed by atoms with E-state index in [-0.39, 0.29) is 11.4 Å². The maximum atomic E-state index is 12.9. The minimum absolute atomic E-state index is 0.0357. The summed E-state index contributed by atoms with van der Waals surface area (Å²) in [5, 5.41) is 0. The number of carbonyl (C=O) groups excluding carboxylic acids is 1. The summed E-state index contributed by atoms with van der Waals surface area (Å²) in [6, 6.07) is 2.01. The number of aromatic nitrogens is 1. The van der Waals surface area contributed by atoms with Crippen LogP contribution in [0.25, 0.3) is 0 Å². The van der Waals surface area contributed by atoms with Gasteiger partial charge in [0.25, 0.3) is 5.91 Å². The number of rotatable bonds is 1. The van der Waals surface area contributed by atoms with Crippen molar-refractivity contribution in [2.45, 2.75) is 38.1 Å².